The van der Waals surface area contributed by atoms with Crippen LogP contribution in [0.15, 0.2) is 90.3 Å². The van der Waals surface area contributed by atoms with Crippen molar-refractivity contribution in [3.05, 3.63) is 102 Å². The SMILES string of the molecule is CCOc1ccccc1C1(N2CCCN(c3ccncc3)CC2)C(=O)N(S(=O)(=O)c2ccc(OC)cn2)c2ccc(C#N)cc21. The van der Waals surface area contributed by atoms with E-state index in [1.54, 1.807) is 30.6 Å². The van der Waals surface area contributed by atoms with Crippen molar-refractivity contribution in [2.75, 3.05) is 49.1 Å². The molecule has 2 aliphatic rings. The van der Waals surface area contributed by atoms with Crippen LogP contribution < -0.4 is 18.7 Å². The molecule has 2 aromatic heterocycles. The lowest BCUT2D eigenvalue weighted by Crippen LogP contribution is -2.56. The normalized spacial score (nSPS) is 18.6. The van der Waals surface area contributed by atoms with E-state index >= 15 is 4.79 Å². The first kappa shape index (κ1) is 30.1. The Kier molecular flexibility index (Phi) is 8.14. The van der Waals surface area contributed by atoms with Gasteiger partial charge in [-0.15, -0.1) is 0 Å². The number of benzene rings is 2. The summed E-state index contributed by atoms with van der Waals surface area (Å²) in [5, 5.41) is 9.64. The highest BCUT2D eigenvalue weighted by molar-refractivity contribution is 7.93. The van der Waals surface area contributed by atoms with Gasteiger partial charge in [-0.05, 0) is 61.9 Å². The highest BCUT2D eigenvalue weighted by Crippen LogP contribution is 2.53. The van der Waals surface area contributed by atoms with Crippen LogP contribution >= 0.6 is 0 Å². The molecule has 2 aliphatic heterocycles. The third-order valence-electron chi connectivity index (χ3n) is 8.25. The molecule has 0 aliphatic carbocycles. The zero-order valence-electron chi connectivity index (χ0n) is 25.0. The number of para-hydroxylation sites is 1. The molecule has 0 radical (unpaired) electrons. The third-order valence-corrected chi connectivity index (χ3v) is 9.87. The minimum atomic E-state index is -4.50. The molecule has 1 unspecified atom stereocenters. The lowest BCUT2D eigenvalue weighted by atomic mass is 9.80. The Morgan fingerprint density at radius 2 is 1.78 bits per heavy atom. The predicted molar refractivity (Wildman–Crippen MR) is 168 cm³/mol. The fourth-order valence-electron chi connectivity index (χ4n) is 6.27. The first-order valence-corrected chi connectivity index (χ1v) is 16.1. The molecule has 4 aromatic rings. The molecule has 12 heteroatoms. The number of nitriles is 1. The second-order valence-electron chi connectivity index (χ2n) is 10.6. The lowest BCUT2D eigenvalue weighted by molar-refractivity contribution is -0.126. The molecule has 230 valence electrons. The summed E-state index contributed by atoms with van der Waals surface area (Å²) in [7, 11) is -3.04. The minimum absolute atomic E-state index is 0.165. The van der Waals surface area contributed by atoms with Crippen LogP contribution in [-0.4, -0.2) is 69.1 Å². The fraction of sp³-hybridized carbons (Fsp3) is 0.273. The number of nitrogens with zero attached hydrogens (tertiary/aromatic N) is 6. The van der Waals surface area contributed by atoms with Gasteiger partial charge in [0.15, 0.2) is 10.6 Å². The Bertz CT molecular complexity index is 1860. The van der Waals surface area contributed by atoms with E-state index in [1.807, 2.05) is 36.1 Å². The topological polar surface area (TPSA) is 129 Å². The van der Waals surface area contributed by atoms with Gasteiger partial charge in [0.1, 0.15) is 11.5 Å². The molecular formula is C33H32N6O5S. The largest absolute Gasteiger partial charge is 0.495 e. The number of anilines is 2. The van der Waals surface area contributed by atoms with Gasteiger partial charge in [-0.2, -0.15) is 18.0 Å². The predicted octanol–water partition coefficient (Wildman–Crippen LogP) is 3.95. The lowest BCUT2D eigenvalue weighted by Gasteiger charge is -2.40. The van der Waals surface area contributed by atoms with Gasteiger partial charge in [-0.1, -0.05) is 18.2 Å². The molecule has 1 fully saturated rings. The van der Waals surface area contributed by atoms with E-state index in [4.69, 9.17) is 9.47 Å². The van der Waals surface area contributed by atoms with E-state index in [1.165, 1.54) is 37.6 Å². The van der Waals surface area contributed by atoms with Crippen molar-refractivity contribution in [1.82, 2.24) is 14.9 Å². The number of hydrogen-bond donors (Lipinski definition) is 0. The van der Waals surface area contributed by atoms with E-state index < -0.39 is 21.5 Å². The summed E-state index contributed by atoms with van der Waals surface area (Å²) in [6.07, 6.45) is 5.48. The Hall–Kier alpha value is -4.99. The number of aromatic nitrogens is 2. The molecule has 4 heterocycles. The van der Waals surface area contributed by atoms with Crippen molar-refractivity contribution in [2.45, 2.75) is 23.9 Å². The van der Waals surface area contributed by atoms with Crippen molar-refractivity contribution in [2.24, 2.45) is 0 Å². The van der Waals surface area contributed by atoms with Gasteiger partial charge in [-0.3, -0.25) is 14.7 Å². The standard InChI is InChI=1S/C33H32N6O5S/c1-3-44-30-8-5-4-7-27(30)33(38-18-6-17-37(19-20-38)25-13-15-35-16-14-25)28-21-24(22-34)9-11-29(28)39(32(33)40)45(41,42)31-12-10-26(43-2)23-36-31/h4-5,7-16,21,23H,3,6,17-20H2,1-2H3. The van der Waals surface area contributed by atoms with Gasteiger partial charge in [0, 0.05) is 55.4 Å². The molecule has 1 amide bonds. The zero-order valence-corrected chi connectivity index (χ0v) is 25.8. The van der Waals surface area contributed by atoms with Gasteiger partial charge in [0.25, 0.3) is 15.9 Å². The Morgan fingerprint density at radius 3 is 2.49 bits per heavy atom. The first-order chi connectivity index (χ1) is 21.9. The molecule has 1 saturated heterocycles. The molecule has 11 nitrogen and oxygen atoms in total. The molecule has 6 rings (SSSR count). The number of ether oxygens (including phenoxy) is 2. The number of fused-ring (bicyclic) bond motifs is 1. The van der Waals surface area contributed by atoms with Crippen LogP contribution in [0.3, 0.4) is 0 Å². The average molecular weight is 625 g/mol. The summed E-state index contributed by atoms with van der Waals surface area (Å²) in [6.45, 7) is 4.36. The summed E-state index contributed by atoms with van der Waals surface area (Å²) < 4.78 is 40.8. The maximum absolute atomic E-state index is 15.2. The number of amides is 1. The highest BCUT2D eigenvalue weighted by Gasteiger charge is 2.60. The van der Waals surface area contributed by atoms with Crippen molar-refractivity contribution in [1.29, 1.82) is 5.26 Å². The smallest absolute Gasteiger partial charge is 0.288 e. The number of sulfonamides is 1. The van der Waals surface area contributed by atoms with Gasteiger partial charge in [0.05, 0.1) is 37.2 Å². The van der Waals surface area contributed by atoms with Crippen LogP contribution in [0.4, 0.5) is 11.4 Å². The summed E-state index contributed by atoms with van der Waals surface area (Å²) >= 11 is 0. The number of hydrogen-bond acceptors (Lipinski definition) is 10. The van der Waals surface area contributed by atoms with E-state index in [2.05, 4.69) is 20.9 Å². The molecule has 2 aromatic carbocycles. The molecule has 1 atom stereocenters. The van der Waals surface area contributed by atoms with E-state index in [0.717, 1.165) is 16.5 Å². The van der Waals surface area contributed by atoms with Crippen LogP contribution in [0.1, 0.15) is 30.0 Å². The molecule has 0 saturated carbocycles. The van der Waals surface area contributed by atoms with Gasteiger partial charge >= 0.3 is 0 Å². The quantitative estimate of drug-likeness (QED) is 0.284. The summed E-state index contributed by atoms with van der Waals surface area (Å²) in [5.74, 6) is 0.150. The maximum atomic E-state index is 15.2. The third kappa shape index (κ3) is 5.04. The van der Waals surface area contributed by atoms with Crippen molar-refractivity contribution >= 4 is 27.3 Å². The van der Waals surface area contributed by atoms with E-state index in [0.29, 0.717) is 60.9 Å². The van der Waals surface area contributed by atoms with Crippen molar-refractivity contribution < 1.29 is 22.7 Å². The number of rotatable bonds is 8. The van der Waals surface area contributed by atoms with E-state index in [9.17, 15) is 13.7 Å². The monoisotopic (exact) mass is 624 g/mol. The van der Waals surface area contributed by atoms with Crippen molar-refractivity contribution in [3.8, 4) is 17.6 Å². The van der Waals surface area contributed by atoms with Crippen LogP contribution in [0.25, 0.3) is 0 Å². The number of pyridine rings is 2. The van der Waals surface area contributed by atoms with Crippen LogP contribution in [0.5, 0.6) is 11.5 Å². The van der Waals surface area contributed by atoms with E-state index in [-0.39, 0.29) is 10.7 Å². The maximum Gasteiger partial charge on any atom is 0.288 e. The molecule has 0 N–H and O–H groups in total. The Labute approximate surface area is 262 Å². The summed E-state index contributed by atoms with van der Waals surface area (Å²) in [5.41, 5.74) is 0.754. The Balaban J connectivity index is 1.58. The molecule has 0 spiro atoms. The Morgan fingerprint density at radius 1 is 0.978 bits per heavy atom. The number of methoxy groups -OCH3 is 1. The van der Waals surface area contributed by atoms with Gasteiger partial charge in [-0.25, -0.2) is 4.98 Å². The van der Waals surface area contributed by atoms with Crippen LogP contribution in [0, 0.1) is 11.3 Å². The van der Waals surface area contributed by atoms with Gasteiger partial charge in [0.2, 0.25) is 0 Å². The summed E-state index contributed by atoms with van der Waals surface area (Å²) in [4.78, 5) is 27.8. The molecular weight excluding hydrogens is 592 g/mol. The van der Waals surface area contributed by atoms with Crippen molar-refractivity contribution in [3.63, 3.8) is 0 Å². The zero-order chi connectivity index (χ0) is 31.6. The van der Waals surface area contributed by atoms with Crippen LogP contribution in [-0.2, 0) is 20.4 Å². The second kappa shape index (κ2) is 12.2. The van der Waals surface area contributed by atoms with Crippen LogP contribution in [0.2, 0.25) is 0 Å². The minimum Gasteiger partial charge on any atom is -0.495 e. The number of carbonyl (C=O) groups is 1. The molecule has 45 heavy (non-hydrogen) atoms. The first-order valence-electron chi connectivity index (χ1n) is 14.6. The second-order valence-corrected chi connectivity index (χ2v) is 12.4. The average Bonchev–Trinajstić information content (AvgIpc) is 3.18. The molecule has 0 bridgehead atoms. The highest BCUT2D eigenvalue weighted by atomic mass is 32.2. The fourth-order valence-corrected chi connectivity index (χ4v) is 7.65. The van der Waals surface area contributed by atoms with Gasteiger partial charge < -0.3 is 14.4 Å². The summed E-state index contributed by atoms with van der Waals surface area (Å²) in [6, 6.07) is 20.8. The number of carbonyl (C=O) groups excluding carboxylic acids is 1.